The molecule has 0 nitrogen and oxygen atoms in total. The maximum atomic E-state index is 5.34. The van der Waals surface area contributed by atoms with Gasteiger partial charge in [0.1, 0.15) is 34.8 Å². The summed E-state index contributed by atoms with van der Waals surface area (Å²) in [4.78, 5) is 2.91. The zero-order chi connectivity index (χ0) is 26.1. The minimum absolute atomic E-state index is 0.374. The molecule has 2 radical (unpaired) electrons. The van der Waals surface area contributed by atoms with Crippen LogP contribution in [0.4, 0.5) is 0 Å². The molecule has 0 N–H and O–H groups in total. The van der Waals surface area contributed by atoms with Gasteiger partial charge in [0.05, 0.1) is 0 Å². The van der Waals surface area contributed by atoms with Crippen LogP contribution in [0.1, 0.15) is 11.1 Å². The van der Waals surface area contributed by atoms with E-state index in [1.54, 1.807) is 0 Å². The molecular weight excluding hydrogens is 726 g/mol. The molecule has 0 aliphatic carbocycles. The van der Waals surface area contributed by atoms with E-state index < -0.39 is 13.2 Å². The van der Waals surface area contributed by atoms with Gasteiger partial charge in [-0.3, -0.25) is 0 Å². The minimum atomic E-state index is -2.61. The van der Waals surface area contributed by atoms with Crippen LogP contribution in [-0.2, 0) is 35.0 Å². The Morgan fingerprint density at radius 3 is 1.26 bits per heavy atom. The van der Waals surface area contributed by atoms with Crippen molar-refractivity contribution in [1.29, 1.82) is 0 Å². The Hall–Kier alpha value is 1.00. The average molecular weight is 761 g/mol. The molecule has 0 aliphatic rings. The molecule has 0 spiro atoms. The SMILES string of the molecule is C[Si]C.Cc1cc2cc([S+](C)C)ccc2[cH-]1.Cc1cc2cc([S+](C)C)ccc2[cH-]1.[Cl][Zr]([Cl])([Br])[Br]. The summed E-state index contributed by atoms with van der Waals surface area (Å²) in [7, 11) is 12.5. The summed E-state index contributed by atoms with van der Waals surface area (Å²) in [6, 6.07) is 22.5. The number of benzene rings is 2. The van der Waals surface area contributed by atoms with Crippen molar-refractivity contribution in [3.8, 4) is 0 Å². The van der Waals surface area contributed by atoms with E-state index in [2.05, 4.69) is 137 Å². The maximum absolute atomic E-state index is 5.34. The van der Waals surface area contributed by atoms with Crippen molar-refractivity contribution in [2.75, 3.05) is 25.0 Å². The summed E-state index contributed by atoms with van der Waals surface area (Å²) in [5.41, 5.74) is 2.72. The molecule has 0 atom stereocenters. The van der Waals surface area contributed by atoms with Crippen molar-refractivity contribution < 1.29 is 13.2 Å². The van der Waals surface area contributed by atoms with Crippen molar-refractivity contribution in [3.05, 3.63) is 71.8 Å². The Labute approximate surface area is 238 Å². The van der Waals surface area contributed by atoms with Crippen LogP contribution in [-0.4, -0.2) is 34.5 Å². The average Bonchev–Trinajstić information content (AvgIpc) is 3.26. The van der Waals surface area contributed by atoms with Crippen LogP contribution in [0.5, 0.6) is 0 Å². The molecule has 0 heterocycles. The van der Waals surface area contributed by atoms with Gasteiger partial charge in [0.15, 0.2) is 0 Å². The van der Waals surface area contributed by atoms with E-state index in [4.69, 9.17) is 17.0 Å². The van der Waals surface area contributed by atoms with Crippen LogP contribution in [0.3, 0.4) is 0 Å². The third kappa shape index (κ3) is 13.0. The summed E-state index contributed by atoms with van der Waals surface area (Å²) in [5, 5.41) is 5.51. The number of aryl methyl sites for hydroxylation is 2. The molecule has 0 amide bonds. The van der Waals surface area contributed by atoms with Crippen molar-refractivity contribution in [2.24, 2.45) is 0 Å². The fourth-order valence-corrected chi connectivity index (χ4v) is 4.60. The standard InChI is InChI=1S/2C12H14S.C2H6Si.2BrH.2ClH.Zr/c2*1-9-6-10-4-5-12(13(2)3)8-11(10)7-9;1-3-2;;;;;/h2*4-8H,1-3H3;1-2H3;4*1H;/q;;;;;;;+4/p-4. The molecule has 0 saturated carbocycles. The van der Waals surface area contributed by atoms with Gasteiger partial charge in [0.2, 0.25) is 0 Å². The van der Waals surface area contributed by atoms with E-state index in [-0.39, 0.29) is 0 Å². The third-order valence-corrected chi connectivity index (χ3v) is 6.99. The van der Waals surface area contributed by atoms with Crippen molar-refractivity contribution in [1.82, 2.24) is 0 Å². The number of rotatable bonds is 2. The molecule has 4 aromatic rings. The number of fused-ring (bicyclic) bond motifs is 2. The van der Waals surface area contributed by atoms with Crippen LogP contribution >= 0.6 is 41.5 Å². The van der Waals surface area contributed by atoms with E-state index >= 15 is 0 Å². The van der Waals surface area contributed by atoms with Gasteiger partial charge < -0.3 is 0 Å². The fraction of sp³-hybridized carbons (Fsp3) is 0.308. The van der Waals surface area contributed by atoms with Crippen molar-refractivity contribution in [2.45, 2.75) is 36.7 Å². The summed E-state index contributed by atoms with van der Waals surface area (Å²) in [6.07, 6.45) is 9.04. The Kier molecular flexibility index (Phi) is 15.6. The Bertz CT molecular complexity index is 1060. The van der Waals surface area contributed by atoms with Gasteiger partial charge in [0, 0.05) is 31.3 Å². The first kappa shape index (κ1) is 33.0. The molecule has 0 unspecified atom stereocenters. The first-order chi connectivity index (χ1) is 15.7. The predicted octanol–water partition coefficient (Wildman–Crippen LogP) is 10.1. The zero-order valence-corrected chi connectivity index (χ0v) is 30.9. The van der Waals surface area contributed by atoms with Crippen molar-refractivity contribution in [3.63, 3.8) is 0 Å². The van der Waals surface area contributed by atoms with E-state index in [0.29, 0.717) is 21.8 Å². The van der Waals surface area contributed by atoms with Crippen LogP contribution < -0.4 is 0 Å². The van der Waals surface area contributed by atoms with Crippen LogP contribution in [0, 0.1) is 13.8 Å². The van der Waals surface area contributed by atoms with Crippen LogP contribution in [0.25, 0.3) is 21.5 Å². The van der Waals surface area contributed by atoms with Crippen LogP contribution in [0.2, 0.25) is 13.1 Å². The van der Waals surface area contributed by atoms with Gasteiger partial charge in [-0.05, 0) is 12.1 Å². The number of hydrogen-bond acceptors (Lipinski definition) is 0. The van der Waals surface area contributed by atoms with Gasteiger partial charge in [-0.15, -0.1) is 56.9 Å². The Morgan fingerprint density at radius 1 is 0.706 bits per heavy atom. The molecule has 4 rings (SSSR count). The molecule has 0 aromatic heterocycles. The van der Waals surface area contributed by atoms with Gasteiger partial charge in [-0.25, -0.2) is 0 Å². The molecular formula is C26H34Br2Cl2S2SiZr. The van der Waals surface area contributed by atoms with E-state index in [1.807, 2.05) is 0 Å². The van der Waals surface area contributed by atoms with E-state index in [1.165, 1.54) is 42.5 Å². The van der Waals surface area contributed by atoms with Gasteiger partial charge in [-0.1, -0.05) is 39.1 Å². The number of hydrogen-bond donors (Lipinski definition) is 0. The van der Waals surface area contributed by atoms with Crippen LogP contribution in [0.15, 0.2) is 70.5 Å². The second kappa shape index (κ2) is 16.1. The summed E-state index contributed by atoms with van der Waals surface area (Å²) < 4.78 is 0. The fourth-order valence-electron chi connectivity index (χ4n) is 3.19. The van der Waals surface area contributed by atoms with E-state index in [9.17, 15) is 0 Å². The Balaban J connectivity index is 0.000000261. The van der Waals surface area contributed by atoms with Crippen molar-refractivity contribution >= 4 is 94.3 Å². The predicted molar refractivity (Wildman–Crippen MR) is 171 cm³/mol. The normalized spacial score (nSPS) is 11.0. The first-order valence-corrected chi connectivity index (χ1v) is 34.2. The Morgan fingerprint density at radius 2 is 1.00 bits per heavy atom. The van der Waals surface area contributed by atoms with Gasteiger partial charge in [-0.2, -0.15) is 12.1 Å². The topological polar surface area (TPSA) is 0 Å². The quantitative estimate of drug-likeness (QED) is 0.109. The summed E-state index contributed by atoms with van der Waals surface area (Å²) in [5.74, 6) is 0. The molecule has 0 bridgehead atoms. The zero-order valence-electron chi connectivity index (χ0n) is 21.1. The second-order valence-electron chi connectivity index (χ2n) is 8.21. The summed E-state index contributed by atoms with van der Waals surface area (Å²) in [6.45, 7) is 8.61. The third-order valence-electron chi connectivity index (χ3n) is 4.59. The molecule has 0 saturated heterocycles. The number of halogens is 4. The molecule has 186 valence electrons. The monoisotopic (exact) mass is 756 g/mol. The molecule has 4 aromatic carbocycles. The molecule has 0 fully saturated rings. The molecule has 8 heteroatoms. The second-order valence-corrected chi connectivity index (χ2v) is 54.6. The first-order valence-electron chi connectivity index (χ1n) is 10.6. The summed E-state index contributed by atoms with van der Waals surface area (Å²) >= 11 is 3.45. The van der Waals surface area contributed by atoms with Gasteiger partial charge >= 0.3 is 54.6 Å². The van der Waals surface area contributed by atoms with Gasteiger partial charge in [0.25, 0.3) is 0 Å². The molecule has 0 aliphatic heterocycles. The van der Waals surface area contributed by atoms with E-state index in [0.717, 1.165) is 9.52 Å². The molecule has 34 heavy (non-hydrogen) atoms.